The van der Waals surface area contributed by atoms with Gasteiger partial charge in [0.15, 0.2) is 0 Å². The Kier molecular flexibility index (Phi) is 5.20. The first-order valence-electron chi connectivity index (χ1n) is 6.92. The second-order valence-corrected chi connectivity index (χ2v) is 5.43. The van der Waals surface area contributed by atoms with Crippen molar-refractivity contribution < 1.29 is 0 Å². The summed E-state index contributed by atoms with van der Waals surface area (Å²) in [4.78, 5) is 0. The van der Waals surface area contributed by atoms with Crippen molar-refractivity contribution in [3.8, 4) is 0 Å². The molecular formula is C16H27N. The molecule has 17 heavy (non-hydrogen) atoms. The summed E-state index contributed by atoms with van der Waals surface area (Å²) in [7, 11) is 0. The smallest absolute Gasteiger partial charge is 0.0409 e. The fourth-order valence-corrected chi connectivity index (χ4v) is 2.51. The Morgan fingerprint density at radius 1 is 1.00 bits per heavy atom. The first kappa shape index (κ1) is 14.2. The maximum absolute atomic E-state index is 6.57. The molecule has 1 rings (SSSR count). The van der Waals surface area contributed by atoms with Crippen molar-refractivity contribution in [2.24, 2.45) is 5.73 Å². The summed E-state index contributed by atoms with van der Waals surface area (Å²) in [5, 5.41) is 0. The highest BCUT2D eigenvalue weighted by atomic mass is 14.7. The van der Waals surface area contributed by atoms with Gasteiger partial charge in [0, 0.05) is 5.54 Å². The summed E-state index contributed by atoms with van der Waals surface area (Å²) in [6.45, 7) is 8.87. The molecule has 0 aliphatic carbocycles. The third-order valence-electron chi connectivity index (χ3n) is 3.54. The Morgan fingerprint density at radius 2 is 1.47 bits per heavy atom. The minimum atomic E-state index is -0.126. The van der Waals surface area contributed by atoms with Crippen LogP contribution in [-0.2, 0) is 5.54 Å². The van der Waals surface area contributed by atoms with Gasteiger partial charge in [-0.15, -0.1) is 0 Å². The van der Waals surface area contributed by atoms with Crippen LogP contribution < -0.4 is 5.73 Å². The summed E-state index contributed by atoms with van der Waals surface area (Å²) >= 11 is 0. The molecule has 96 valence electrons. The third kappa shape index (κ3) is 3.57. The Bertz CT molecular complexity index is 318. The van der Waals surface area contributed by atoms with Crippen molar-refractivity contribution in [3.63, 3.8) is 0 Å². The zero-order valence-electron chi connectivity index (χ0n) is 11.8. The molecule has 0 unspecified atom stereocenters. The van der Waals surface area contributed by atoms with Crippen LogP contribution in [-0.4, -0.2) is 0 Å². The van der Waals surface area contributed by atoms with Gasteiger partial charge in [0.2, 0.25) is 0 Å². The van der Waals surface area contributed by atoms with Crippen LogP contribution >= 0.6 is 0 Å². The molecule has 0 aliphatic heterocycles. The molecule has 0 fully saturated rings. The van der Waals surface area contributed by atoms with Gasteiger partial charge in [0.05, 0.1) is 0 Å². The molecule has 0 bridgehead atoms. The molecule has 0 spiro atoms. The van der Waals surface area contributed by atoms with Crippen LogP contribution in [0.2, 0.25) is 0 Å². The van der Waals surface area contributed by atoms with E-state index in [4.69, 9.17) is 5.73 Å². The largest absolute Gasteiger partial charge is 0.321 e. The second-order valence-electron chi connectivity index (χ2n) is 5.43. The lowest BCUT2D eigenvalue weighted by molar-refractivity contribution is 0.369. The van der Waals surface area contributed by atoms with Crippen LogP contribution in [0.4, 0.5) is 0 Å². The van der Waals surface area contributed by atoms with Crippen LogP contribution in [0.15, 0.2) is 24.3 Å². The van der Waals surface area contributed by atoms with Crippen LogP contribution in [0.3, 0.4) is 0 Å². The van der Waals surface area contributed by atoms with E-state index in [9.17, 15) is 0 Å². The van der Waals surface area contributed by atoms with E-state index >= 15 is 0 Å². The molecular weight excluding hydrogens is 206 g/mol. The molecule has 0 aliphatic rings. The van der Waals surface area contributed by atoms with E-state index in [-0.39, 0.29) is 5.54 Å². The Hall–Kier alpha value is -0.820. The number of nitrogens with two attached hydrogens (primary N) is 1. The van der Waals surface area contributed by atoms with E-state index in [1.807, 2.05) is 0 Å². The molecule has 0 saturated carbocycles. The highest BCUT2D eigenvalue weighted by molar-refractivity contribution is 5.29. The highest BCUT2D eigenvalue weighted by Crippen LogP contribution is 2.29. The van der Waals surface area contributed by atoms with Crippen LogP contribution in [0.5, 0.6) is 0 Å². The first-order chi connectivity index (χ1) is 8.03. The number of hydrogen-bond acceptors (Lipinski definition) is 1. The summed E-state index contributed by atoms with van der Waals surface area (Å²) in [5.41, 5.74) is 9.13. The fraction of sp³-hybridized carbons (Fsp3) is 0.625. The molecule has 0 aromatic heterocycles. The SMILES string of the molecule is CCCC(N)(CCC)c1ccc(C(C)C)cc1. The quantitative estimate of drug-likeness (QED) is 0.765. The van der Waals surface area contributed by atoms with Crippen molar-refractivity contribution in [1.82, 2.24) is 0 Å². The van der Waals surface area contributed by atoms with Gasteiger partial charge in [0.1, 0.15) is 0 Å². The average molecular weight is 233 g/mol. The maximum Gasteiger partial charge on any atom is 0.0409 e. The van der Waals surface area contributed by atoms with E-state index < -0.39 is 0 Å². The van der Waals surface area contributed by atoms with Gasteiger partial charge >= 0.3 is 0 Å². The van der Waals surface area contributed by atoms with Crippen molar-refractivity contribution in [3.05, 3.63) is 35.4 Å². The molecule has 2 N–H and O–H groups in total. The monoisotopic (exact) mass is 233 g/mol. The highest BCUT2D eigenvalue weighted by Gasteiger charge is 2.25. The fourth-order valence-electron chi connectivity index (χ4n) is 2.51. The minimum absolute atomic E-state index is 0.126. The van der Waals surface area contributed by atoms with E-state index in [0.717, 1.165) is 25.7 Å². The molecule has 0 heterocycles. The lowest BCUT2D eigenvalue weighted by Gasteiger charge is -2.30. The van der Waals surface area contributed by atoms with E-state index in [1.165, 1.54) is 11.1 Å². The van der Waals surface area contributed by atoms with Gasteiger partial charge in [-0.25, -0.2) is 0 Å². The van der Waals surface area contributed by atoms with Gasteiger partial charge in [-0.3, -0.25) is 0 Å². The summed E-state index contributed by atoms with van der Waals surface area (Å²) in [6.07, 6.45) is 4.43. The van der Waals surface area contributed by atoms with Crippen LogP contribution in [0.25, 0.3) is 0 Å². The van der Waals surface area contributed by atoms with Gasteiger partial charge in [-0.2, -0.15) is 0 Å². The van der Waals surface area contributed by atoms with E-state index in [1.54, 1.807) is 0 Å². The molecule has 0 saturated heterocycles. The van der Waals surface area contributed by atoms with Gasteiger partial charge in [0.25, 0.3) is 0 Å². The van der Waals surface area contributed by atoms with Crippen molar-refractivity contribution in [2.45, 2.75) is 64.8 Å². The Labute approximate surface area is 106 Å². The predicted molar refractivity (Wildman–Crippen MR) is 76.2 cm³/mol. The predicted octanol–water partition coefficient (Wildman–Crippen LogP) is 4.56. The lowest BCUT2D eigenvalue weighted by atomic mass is 9.82. The number of rotatable bonds is 6. The average Bonchev–Trinajstić information content (AvgIpc) is 2.30. The lowest BCUT2D eigenvalue weighted by Crippen LogP contribution is -2.36. The summed E-state index contributed by atoms with van der Waals surface area (Å²) in [6, 6.07) is 8.90. The molecule has 1 heteroatoms. The Balaban J connectivity index is 2.95. The van der Waals surface area contributed by atoms with Crippen molar-refractivity contribution in [2.75, 3.05) is 0 Å². The molecule has 1 nitrogen and oxygen atoms in total. The summed E-state index contributed by atoms with van der Waals surface area (Å²) in [5.74, 6) is 0.591. The number of benzene rings is 1. The van der Waals surface area contributed by atoms with Gasteiger partial charge in [-0.05, 0) is 29.9 Å². The summed E-state index contributed by atoms with van der Waals surface area (Å²) < 4.78 is 0. The maximum atomic E-state index is 6.57. The zero-order chi connectivity index (χ0) is 12.9. The van der Waals surface area contributed by atoms with Crippen LogP contribution in [0, 0.1) is 0 Å². The van der Waals surface area contributed by atoms with Gasteiger partial charge in [-0.1, -0.05) is 64.8 Å². The van der Waals surface area contributed by atoms with E-state index in [2.05, 4.69) is 52.0 Å². The third-order valence-corrected chi connectivity index (χ3v) is 3.54. The molecule has 0 atom stereocenters. The zero-order valence-corrected chi connectivity index (χ0v) is 11.8. The first-order valence-corrected chi connectivity index (χ1v) is 6.92. The topological polar surface area (TPSA) is 26.0 Å². The van der Waals surface area contributed by atoms with Crippen LogP contribution in [0.1, 0.15) is 70.4 Å². The second kappa shape index (κ2) is 6.20. The van der Waals surface area contributed by atoms with Crippen molar-refractivity contribution in [1.29, 1.82) is 0 Å². The Morgan fingerprint density at radius 3 is 1.82 bits per heavy atom. The minimum Gasteiger partial charge on any atom is -0.321 e. The van der Waals surface area contributed by atoms with E-state index in [0.29, 0.717) is 5.92 Å². The standard InChI is InChI=1S/C16H27N/c1-5-11-16(17,12-6-2)15-9-7-14(8-10-15)13(3)4/h7-10,13H,5-6,11-12,17H2,1-4H3. The van der Waals surface area contributed by atoms with Gasteiger partial charge < -0.3 is 5.73 Å². The molecule has 0 amide bonds. The normalized spacial score (nSPS) is 12.1. The molecule has 1 aromatic carbocycles. The molecule has 0 radical (unpaired) electrons. The number of hydrogen-bond donors (Lipinski definition) is 1. The molecule has 1 aromatic rings. The van der Waals surface area contributed by atoms with Crippen molar-refractivity contribution >= 4 is 0 Å².